The lowest BCUT2D eigenvalue weighted by Gasteiger charge is -2.31. The number of amides is 1. The van der Waals surface area contributed by atoms with Crippen LogP contribution in [0, 0.1) is 0 Å². The highest BCUT2D eigenvalue weighted by Gasteiger charge is 2.33. The summed E-state index contributed by atoms with van der Waals surface area (Å²) in [6, 6.07) is 21.1. The first-order valence-corrected chi connectivity index (χ1v) is 13.1. The molecule has 0 aliphatic carbocycles. The van der Waals surface area contributed by atoms with Crippen molar-refractivity contribution in [3.05, 3.63) is 93.9 Å². The summed E-state index contributed by atoms with van der Waals surface area (Å²) in [5, 5.41) is 9.40. The summed E-state index contributed by atoms with van der Waals surface area (Å²) in [6.45, 7) is 6.29. The molecule has 2 aliphatic rings. The molecule has 1 aromatic heterocycles. The van der Waals surface area contributed by atoms with Gasteiger partial charge in [0.2, 0.25) is 0 Å². The van der Waals surface area contributed by atoms with Gasteiger partial charge in [-0.3, -0.25) is 9.69 Å². The lowest BCUT2D eigenvalue weighted by molar-refractivity contribution is 0.0736. The standard InChI is InChI=1S/C29H27N3O3S/c1-17(2)32-15-14-23-24(16-32)36-28-25(23)27(33)30-26(31-28)19-10-12-20(13-11-19)35-29(34)22-9-5-7-18-6-3-4-8-21(18)22/h3-13,17,26,31H,14-16H2,1-2H3,(H,30,33)/t26-/m1/s1. The molecule has 2 N–H and O–H groups in total. The molecule has 0 fully saturated rings. The zero-order valence-corrected chi connectivity index (χ0v) is 21.0. The Bertz CT molecular complexity index is 1470. The van der Waals surface area contributed by atoms with Crippen molar-refractivity contribution in [2.45, 2.75) is 39.0 Å². The Hall–Kier alpha value is -3.68. The highest BCUT2D eigenvalue weighted by molar-refractivity contribution is 7.16. The summed E-state index contributed by atoms with van der Waals surface area (Å²) in [5.41, 5.74) is 3.42. The summed E-state index contributed by atoms with van der Waals surface area (Å²) in [4.78, 5) is 29.6. The number of esters is 1. The van der Waals surface area contributed by atoms with Crippen molar-refractivity contribution in [1.82, 2.24) is 10.2 Å². The molecule has 0 spiro atoms. The maximum absolute atomic E-state index is 13.1. The second-order valence-electron chi connectivity index (χ2n) is 9.56. The van der Waals surface area contributed by atoms with E-state index in [4.69, 9.17) is 4.74 Å². The average molecular weight is 498 g/mol. The third kappa shape index (κ3) is 4.04. The second kappa shape index (κ2) is 9.08. The van der Waals surface area contributed by atoms with Gasteiger partial charge in [0.1, 0.15) is 16.9 Å². The minimum atomic E-state index is -0.395. The molecule has 0 unspecified atom stereocenters. The molecule has 0 radical (unpaired) electrons. The first kappa shape index (κ1) is 22.8. The lowest BCUT2D eigenvalue weighted by Crippen LogP contribution is -2.39. The Balaban J connectivity index is 1.19. The van der Waals surface area contributed by atoms with Crippen LogP contribution in [0.5, 0.6) is 5.75 Å². The second-order valence-corrected chi connectivity index (χ2v) is 10.7. The van der Waals surface area contributed by atoms with Crippen LogP contribution in [0.3, 0.4) is 0 Å². The first-order chi connectivity index (χ1) is 17.5. The van der Waals surface area contributed by atoms with E-state index in [0.29, 0.717) is 17.4 Å². The molecule has 2 aliphatic heterocycles. The van der Waals surface area contributed by atoms with Gasteiger partial charge in [0, 0.05) is 24.0 Å². The number of carbonyl (C=O) groups excluding carboxylic acids is 2. The van der Waals surface area contributed by atoms with Gasteiger partial charge in [0.05, 0.1) is 11.1 Å². The fourth-order valence-electron chi connectivity index (χ4n) is 5.04. The number of nitrogens with zero attached hydrogens (tertiary/aromatic N) is 1. The third-order valence-corrected chi connectivity index (χ3v) is 8.18. The molecule has 36 heavy (non-hydrogen) atoms. The topological polar surface area (TPSA) is 70.7 Å². The van der Waals surface area contributed by atoms with Gasteiger partial charge in [-0.05, 0) is 60.4 Å². The average Bonchev–Trinajstić information content (AvgIpc) is 3.27. The molecule has 6 nitrogen and oxygen atoms in total. The van der Waals surface area contributed by atoms with E-state index >= 15 is 0 Å². The number of rotatable bonds is 4. The van der Waals surface area contributed by atoms with E-state index in [1.807, 2.05) is 48.5 Å². The fraction of sp³-hybridized carbons (Fsp3) is 0.241. The van der Waals surface area contributed by atoms with Crippen LogP contribution in [0.25, 0.3) is 10.8 Å². The van der Waals surface area contributed by atoms with Crippen molar-refractivity contribution in [2.24, 2.45) is 0 Å². The molecule has 0 saturated carbocycles. The highest BCUT2D eigenvalue weighted by atomic mass is 32.1. The van der Waals surface area contributed by atoms with Gasteiger partial charge >= 0.3 is 5.97 Å². The van der Waals surface area contributed by atoms with Crippen molar-refractivity contribution in [3.8, 4) is 5.75 Å². The van der Waals surface area contributed by atoms with E-state index in [0.717, 1.165) is 46.4 Å². The number of carbonyl (C=O) groups is 2. The molecule has 0 bridgehead atoms. The summed E-state index contributed by atoms with van der Waals surface area (Å²) in [7, 11) is 0. The minimum Gasteiger partial charge on any atom is -0.423 e. The van der Waals surface area contributed by atoms with E-state index in [9.17, 15) is 9.59 Å². The SMILES string of the molecule is CC(C)N1CCc2c(sc3c2C(=O)N[C@@H](c2ccc(OC(=O)c4cccc5ccccc45)cc2)N3)C1. The predicted octanol–water partition coefficient (Wildman–Crippen LogP) is 5.74. The normalized spacial score (nSPS) is 17.3. The van der Waals surface area contributed by atoms with Gasteiger partial charge in [-0.25, -0.2) is 4.79 Å². The Morgan fingerprint density at radius 2 is 1.81 bits per heavy atom. The Kier molecular flexibility index (Phi) is 5.74. The Morgan fingerprint density at radius 1 is 1.03 bits per heavy atom. The lowest BCUT2D eigenvalue weighted by atomic mass is 9.99. The molecule has 4 aromatic rings. The fourth-order valence-corrected chi connectivity index (χ4v) is 6.34. The van der Waals surface area contributed by atoms with E-state index in [1.165, 1.54) is 10.4 Å². The van der Waals surface area contributed by atoms with Gasteiger partial charge in [0.25, 0.3) is 5.91 Å². The number of benzene rings is 3. The van der Waals surface area contributed by atoms with Crippen LogP contribution in [0.15, 0.2) is 66.7 Å². The molecule has 1 amide bonds. The summed E-state index contributed by atoms with van der Waals surface area (Å²) < 4.78 is 5.66. The molecule has 6 rings (SSSR count). The maximum Gasteiger partial charge on any atom is 0.344 e. The zero-order chi connectivity index (χ0) is 24.8. The molecular formula is C29H27N3O3S. The number of hydrogen-bond donors (Lipinski definition) is 2. The van der Waals surface area contributed by atoms with Crippen LogP contribution in [-0.2, 0) is 13.0 Å². The highest BCUT2D eigenvalue weighted by Crippen LogP contribution is 2.41. The van der Waals surface area contributed by atoms with Crippen LogP contribution in [0.1, 0.15) is 56.7 Å². The van der Waals surface area contributed by atoms with Crippen LogP contribution in [0.4, 0.5) is 5.00 Å². The van der Waals surface area contributed by atoms with E-state index in [2.05, 4.69) is 29.4 Å². The summed E-state index contributed by atoms with van der Waals surface area (Å²) in [6.07, 6.45) is 0.560. The molecule has 3 heterocycles. The van der Waals surface area contributed by atoms with Crippen LogP contribution >= 0.6 is 11.3 Å². The van der Waals surface area contributed by atoms with E-state index < -0.39 is 5.97 Å². The largest absolute Gasteiger partial charge is 0.423 e. The van der Waals surface area contributed by atoms with Crippen molar-refractivity contribution >= 4 is 39.0 Å². The predicted molar refractivity (Wildman–Crippen MR) is 143 cm³/mol. The van der Waals surface area contributed by atoms with Crippen molar-refractivity contribution < 1.29 is 14.3 Å². The van der Waals surface area contributed by atoms with Crippen LogP contribution in [0.2, 0.25) is 0 Å². The molecule has 182 valence electrons. The van der Waals surface area contributed by atoms with Gasteiger partial charge in [0.15, 0.2) is 0 Å². The molecule has 7 heteroatoms. The smallest absolute Gasteiger partial charge is 0.344 e. The van der Waals surface area contributed by atoms with Gasteiger partial charge in [-0.2, -0.15) is 0 Å². The number of fused-ring (bicyclic) bond motifs is 4. The molecule has 0 saturated heterocycles. The number of nitrogens with one attached hydrogen (secondary N) is 2. The number of anilines is 1. The van der Waals surface area contributed by atoms with Crippen molar-refractivity contribution in [3.63, 3.8) is 0 Å². The Morgan fingerprint density at radius 3 is 2.61 bits per heavy atom. The van der Waals surface area contributed by atoms with Crippen molar-refractivity contribution in [2.75, 3.05) is 11.9 Å². The number of hydrogen-bond acceptors (Lipinski definition) is 6. The van der Waals surface area contributed by atoms with Gasteiger partial charge in [-0.1, -0.05) is 48.5 Å². The quantitative estimate of drug-likeness (QED) is 0.278. The molecule has 3 aromatic carbocycles. The zero-order valence-electron chi connectivity index (χ0n) is 20.2. The van der Waals surface area contributed by atoms with Crippen LogP contribution < -0.4 is 15.4 Å². The molecule has 1 atom stereocenters. The van der Waals surface area contributed by atoms with Crippen molar-refractivity contribution in [1.29, 1.82) is 0 Å². The molecular weight excluding hydrogens is 470 g/mol. The van der Waals surface area contributed by atoms with Gasteiger partial charge in [-0.15, -0.1) is 11.3 Å². The summed E-state index contributed by atoms with van der Waals surface area (Å²) in [5.74, 6) is 0.0310. The maximum atomic E-state index is 13.1. The third-order valence-electron chi connectivity index (χ3n) is 7.03. The van der Waals surface area contributed by atoms with E-state index in [1.54, 1.807) is 29.5 Å². The minimum absolute atomic E-state index is 0.0318. The Labute approximate surface area is 213 Å². The van der Waals surface area contributed by atoms with E-state index in [-0.39, 0.29) is 12.1 Å². The van der Waals surface area contributed by atoms with Gasteiger partial charge < -0.3 is 15.4 Å². The summed E-state index contributed by atoms with van der Waals surface area (Å²) >= 11 is 1.69. The first-order valence-electron chi connectivity index (χ1n) is 12.2. The number of thiophene rings is 1. The monoisotopic (exact) mass is 497 g/mol. The number of ether oxygens (including phenoxy) is 1. The van der Waals surface area contributed by atoms with Crippen LogP contribution in [-0.4, -0.2) is 29.4 Å².